The maximum Gasteiger partial charge on any atom is 0.340 e. The summed E-state index contributed by atoms with van der Waals surface area (Å²) in [6.45, 7) is 1.10. The Morgan fingerprint density at radius 1 is 1.38 bits per heavy atom. The van der Waals surface area contributed by atoms with E-state index >= 15 is 0 Å². The standard InChI is InChI=1S/C12H12O4/c13-11(9-4-2-1-3-5-9)16-12-6-7-14-8-10(12)15-12/h1-5,10H,6-8H2/t10-,12-/m1/s1. The Bertz CT molecular complexity index is 403. The molecule has 2 aliphatic heterocycles. The number of fused-ring (bicyclic) bond motifs is 1. The first-order valence-corrected chi connectivity index (χ1v) is 5.34. The van der Waals surface area contributed by atoms with Crippen LogP contribution in [0.15, 0.2) is 30.3 Å². The molecule has 16 heavy (non-hydrogen) atoms. The van der Waals surface area contributed by atoms with Crippen molar-refractivity contribution in [3.63, 3.8) is 0 Å². The molecule has 2 atom stereocenters. The van der Waals surface area contributed by atoms with Crippen molar-refractivity contribution < 1.29 is 19.0 Å². The first-order valence-electron chi connectivity index (χ1n) is 5.34. The van der Waals surface area contributed by atoms with Crippen LogP contribution < -0.4 is 0 Å². The van der Waals surface area contributed by atoms with Crippen LogP contribution in [0, 0.1) is 0 Å². The second-order valence-corrected chi connectivity index (χ2v) is 4.00. The van der Waals surface area contributed by atoms with Crippen molar-refractivity contribution in [3.05, 3.63) is 35.9 Å². The van der Waals surface area contributed by atoms with Crippen molar-refractivity contribution in [1.29, 1.82) is 0 Å². The summed E-state index contributed by atoms with van der Waals surface area (Å²) in [5.74, 6) is -1.03. The fraction of sp³-hybridized carbons (Fsp3) is 0.417. The van der Waals surface area contributed by atoms with Gasteiger partial charge in [0, 0.05) is 6.42 Å². The number of carbonyl (C=O) groups excluding carboxylic acids is 1. The van der Waals surface area contributed by atoms with Gasteiger partial charge in [0.25, 0.3) is 0 Å². The van der Waals surface area contributed by atoms with Gasteiger partial charge in [-0.2, -0.15) is 0 Å². The van der Waals surface area contributed by atoms with Crippen molar-refractivity contribution in [2.75, 3.05) is 13.2 Å². The molecule has 4 nitrogen and oxygen atoms in total. The summed E-state index contributed by atoms with van der Waals surface area (Å²) in [5, 5.41) is 0. The fourth-order valence-electron chi connectivity index (χ4n) is 1.92. The van der Waals surface area contributed by atoms with E-state index in [1.807, 2.05) is 18.2 Å². The van der Waals surface area contributed by atoms with Crippen LogP contribution in [0.1, 0.15) is 16.8 Å². The molecule has 0 radical (unpaired) electrons. The molecule has 2 saturated heterocycles. The summed E-state index contributed by atoms with van der Waals surface area (Å²) < 4.78 is 16.0. The number of hydrogen-bond donors (Lipinski definition) is 0. The zero-order valence-electron chi connectivity index (χ0n) is 8.72. The highest BCUT2D eigenvalue weighted by Crippen LogP contribution is 2.44. The lowest BCUT2D eigenvalue weighted by Crippen LogP contribution is -2.31. The first kappa shape index (κ1) is 9.81. The molecule has 2 fully saturated rings. The topological polar surface area (TPSA) is 48.1 Å². The van der Waals surface area contributed by atoms with Crippen molar-refractivity contribution in [1.82, 2.24) is 0 Å². The van der Waals surface area contributed by atoms with Crippen molar-refractivity contribution in [2.45, 2.75) is 18.3 Å². The lowest BCUT2D eigenvalue weighted by Gasteiger charge is -2.17. The lowest BCUT2D eigenvalue weighted by atomic mass is 10.1. The van der Waals surface area contributed by atoms with Crippen LogP contribution in [0.5, 0.6) is 0 Å². The Labute approximate surface area is 93.1 Å². The van der Waals surface area contributed by atoms with Gasteiger partial charge < -0.3 is 14.2 Å². The number of esters is 1. The minimum absolute atomic E-state index is 0.0751. The Balaban J connectivity index is 1.70. The molecule has 3 rings (SSSR count). The molecular formula is C12H12O4. The molecule has 0 aromatic heterocycles. The molecule has 0 aliphatic carbocycles. The molecule has 84 valence electrons. The average molecular weight is 220 g/mol. The number of rotatable bonds is 2. The predicted octanol–water partition coefficient (Wildman–Crippen LogP) is 1.36. The smallest absolute Gasteiger partial charge is 0.340 e. The van der Waals surface area contributed by atoms with Gasteiger partial charge in [-0.1, -0.05) is 18.2 Å². The highest BCUT2D eigenvalue weighted by molar-refractivity contribution is 5.89. The van der Waals surface area contributed by atoms with Gasteiger partial charge in [-0.15, -0.1) is 0 Å². The van der Waals surface area contributed by atoms with Crippen LogP contribution in [-0.2, 0) is 14.2 Å². The molecule has 0 amide bonds. The van der Waals surface area contributed by atoms with E-state index in [0.717, 1.165) is 0 Å². The number of carbonyl (C=O) groups is 1. The monoisotopic (exact) mass is 220 g/mol. The van der Waals surface area contributed by atoms with E-state index in [9.17, 15) is 4.79 Å². The maximum absolute atomic E-state index is 11.8. The number of benzene rings is 1. The Kier molecular flexibility index (Phi) is 2.19. The molecular weight excluding hydrogens is 208 g/mol. The molecule has 2 aliphatic rings. The molecule has 0 N–H and O–H groups in total. The van der Waals surface area contributed by atoms with Crippen molar-refractivity contribution in [3.8, 4) is 0 Å². The van der Waals surface area contributed by atoms with Crippen LogP contribution in [-0.4, -0.2) is 31.1 Å². The van der Waals surface area contributed by atoms with Crippen molar-refractivity contribution >= 4 is 5.97 Å². The highest BCUT2D eigenvalue weighted by atomic mass is 16.8. The third-order valence-corrected chi connectivity index (χ3v) is 2.91. The number of epoxide rings is 1. The number of ether oxygens (including phenoxy) is 3. The summed E-state index contributed by atoms with van der Waals surface area (Å²) >= 11 is 0. The highest BCUT2D eigenvalue weighted by Gasteiger charge is 2.62. The Morgan fingerprint density at radius 2 is 2.19 bits per heavy atom. The average Bonchev–Trinajstić information content (AvgIpc) is 3.04. The van der Waals surface area contributed by atoms with E-state index in [4.69, 9.17) is 14.2 Å². The van der Waals surface area contributed by atoms with Gasteiger partial charge in [-0.3, -0.25) is 0 Å². The maximum atomic E-state index is 11.8. The van der Waals surface area contributed by atoms with Gasteiger partial charge in [0.2, 0.25) is 5.79 Å². The molecule has 2 heterocycles. The van der Waals surface area contributed by atoms with Crippen LogP contribution in [0.3, 0.4) is 0 Å². The molecule has 1 aromatic rings. The Hall–Kier alpha value is -1.39. The summed E-state index contributed by atoms with van der Waals surface area (Å²) in [7, 11) is 0. The number of hydrogen-bond acceptors (Lipinski definition) is 4. The van der Waals surface area contributed by atoms with Gasteiger partial charge in [0.1, 0.15) is 0 Å². The molecule has 0 bridgehead atoms. The van der Waals surface area contributed by atoms with E-state index in [1.54, 1.807) is 12.1 Å². The van der Waals surface area contributed by atoms with E-state index in [-0.39, 0.29) is 12.1 Å². The minimum atomic E-state index is -0.703. The summed E-state index contributed by atoms with van der Waals surface area (Å²) in [6.07, 6.45) is 0.546. The van der Waals surface area contributed by atoms with E-state index in [0.29, 0.717) is 25.2 Å². The van der Waals surface area contributed by atoms with E-state index in [1.165, 1.54) is 0 Å². The second-order valence-electron chi connectivity index (χ2n) is 4.00. The van der Waals surface area contributed by atoms with Crippen LogP contribution in [0.25, 0.3) is 0 Å². The van der Waals surface area contributed by atoms with Gasteiger partial charge in [-0.25, -0.2) is 4.79 Å². The fourth-order valence-corrected chi connectivity index (χ4v) is 1.92. The van der Waals surface area contributed by atoms with Crippen LogP contribution >= 0.6 is 0 Å². The van der Waals surface area contributed by atoms with Gasteiger partial charge >= 0.3 is 5.97 Å². The summed E-state index contributed by atoms with van der Waals surface area (Å²) in [5.41, 5.74) is 0.553. The van der Waals surface area contributed by atoms with Crippen molar-refractivity contribution in [2.24, 2.45) is 0 Å². The molecule has 4 heteroatoms. The van der Waals surface area contributed by atoms with E-state index < -0.39 is 5.79 Å². The summed E-state index contributed by atoms with van der Waals surface area (Å²) in [4.78, 5) is 11.8. The van der Waals surface area contributed by atoms with Gasteiger partial charge in [0.05, 0.1) is 18.8 Å². The van der Waals surface area contributed by atoms with Gasteiger partial charge in [0.15, 0.2) is 6.10 Å². The largest absolute Gasteiger partial charge is 0.426 e. The third-order valence-electron chi connectivity index (χ3n) is 2.91. The molecule has 0 saturated carbocycles. The van der Waals surface area contributed by atoms with Crippen LogP contribution in [0.4, 0.5) is 0 Å². The zero-order chi connectivity index (χ0) is 11.0. The predicted molar refractivity (Wildman–Crippen MR) is 54.9 cm³/mol. The van der Waals surface area contributed by atoms with E-state index in [2.05, 4.69) is 0 Å². The van der Waals surface area contributed by atoms with Gasteiger partial charge in [-0.05, 0) is 12.1 Å². The zero-order valence-corrected chi connectivity index (χ0v) is 8.72. The molecule has 0 unspecified atom stereocenters. The normalized spacial score (nSPS) is 31.6. The Morgan fingerprint density at radius 3 is 2.94 bits per heavy atom. The molecule has 0 spiro atoms. The summed E-state index contributed by atoms with van der Waals surface area (Å²) in [6, 6.07) is 8.94. The first-order chi connectivity index (χ1) is 7.80. The SMILES string of the molecule is O=C(O[C@]12CCOC[C@H]1O2)c1ccccc1. The lowest BCUT2D eigenvalue weighted by molar-refractivity contribution is -0.0414. The second kappa shape index (κ2) is 3.57. The minimum Gasteiger partial charge on any atom is -0.426 e. The van der Waals surface area contributed by atoms with Crippen LogP contribution in [0.2, 0.25) is 0 Å². The quantitative estimate of drug-likeness (QED) is 0.557. The molecule has 1 aromatic carbocycles. The third kappa shape index (κ3) is 1.60.